The molecule has 3 rings (SSSR count). The third kappa shape index (κ3) is 3.05. The van der Waals surface area contributed by atoms with Gasteiger partial charge in [-0.2, -0.15) is 0 Å². The molecule has 0 radical (unpaired) electrons. The van der Waals surface area contributed by atoms with Crippen molar-refractivity contribution in [3.05, 3.63) is 91.0 Å². The van der Waals surface area contributed by atoms with Gasteiger partial charge in [-0.05, 0) is 15.6 Å². The first-order chi connectivity index (χ1) is 9.82. The molecule has 0 aliphatic heterocycles. The molecule has 0 saturated heterocycles. The van der Waals surface area contributed by atoms with E-state index in [4.69, 9.17) is 0 Å². The Morgan fingerprint density at radius 3 is 1.00 bits per heavy atom. The number of rotatable bonds is 3. The predicted molar refractivity (Wildman–Crippen MR) is 87.3 cm³/mol. The molecule has 0 unspecified atom stereocenters. The predicted octanol–water partition coefficient (Wildman–Crippen LogP) is -1.24. The molecular weight excluding hydrogens is 267 g/mol. The average Bonchev–Trinajstić information content (AvgIpc) is 2.56. The summed E-state index contributed by atoms with van der Waals surface area (Å²) < 4.78 is 0. The van der Waals surface area contributed by atoms with E-state index >= 15 is 0 Å². The largest absolute Gasteiger partial charge is 1.00 e. The van der Waals surface area contributed by atoms with Gasteiger partial charge in [0.15, 0.2) is 0 Å². The van der Waals surface area contributed by atoms with E-state index in [-0.39, 0.29) is 20.3 Å². The summed E-state index contributed by atoms with van der Waals surface area (Å²) in [6.45, 7) is 0. The molecule has 0 aliphatic rings. The molecule has 0 aliphatic carbocycles. The van der Waals surface area contributed by atoms with Crippen LogP contribution in [0.2, 0.25) is 0 Å². The van der Waals surface area contributed by atoms with Gasteiger partial charge >= 0.3 is 18.9 Å². The summed E-state index contributed by atoms with van der Waals surface area (Å²) in [4.78, 5) is 11.6. The van der Waals surface area contributed by atoms with Crippen molar-refractivity contribution in [3.63, 3.8) is 0 Å². The summed E-state index contributed by atoms with van der Waals surface area (Å²) in [6, 6.07) is 30.0. The summed E-state index contributed by atoms with van der Waals surface area (Å²) in [7, 11) is -2.88. The van der Waals surface area contributed by atoms with Crippen molar-refractivity contribution >= 4 is 23.9 Å². The molecule has 3 heteroatoms. The maximum absolute atomic E-state index is 11.6. The third-order valence-electron chi connectivity index (χ3n) is 3.57. The molecule has 0 heterocycles. The van der Waals surface area contributed by atoms with Crippen molar-refractivity contribution in [1.29, 1.82) is 0 Å². The standard InChI is InChI=1S/C18H16OSi.Li.H/c19-20(16-10-4-1-5-11-16,17-12-6-2-7-13-17)18-14-8-3-9-15-18;;/h1-15,19H;;/q;+1;-1. The third-order valence-corrected chi connectivity index (χ3v) is 7.08. The summed E-state index contributed by atoms with van der Waals surface area (Å²) in [5, 5.41) is 3.03. The average molecular weight is 284 g/mol. The van der Waals surface area contributed by atoms with Gasteiger partial charge in [-0.15, -0.1) is 0 Å². The van der Waals surface area contributed by atoms with Crippen LogP contribution in [0.5, 0.6) is 0 Å². The second-order valence-corrected chi connectivity index (χ2v) is 7.96. The summed E-state index contributed by atoms with van der Waals surface area (Å²) in [5.41, 5.74) is 0. The van der Waals surface area contributed by atoms with Crippen LogP contribution in [-0.4, -0.2) is 13.1 Å². The number of benzene rings is 3. The first-order valence-electron chi connectivity index (χ1n) is 6.71. The molecule has 100 valence electrons. The van der Waals surface area contributed by atoms with E-state index in [1.165, 1.54) is 0 Å². The van der Waals surface area contributed by atoms with E-state index in [0.717, 1.165) is 15.6 Å². The maximum Gasteiger partial charge on any atom is 1.00 e. The molecule has 3 aromatic carbocycles. The van der Waals surface area contributed by atoms with Gasteiger partial charge in [-0.3, -0.25) is 0 Å². The Morgan fingerprint density at radius 1 is 0.524 bits per heavy atom. The Kier molecular flexibility index (Phi) is 5.22. The zero-order valence-electron chi connectivity index (χ0n) is 13.1. The van der Waals surface area contributed by atoms with Gasteiger partial charge in [0, 0.05) is 0 Å². The zero-order valence-corrected chi connectivity index (χ0v) is 13.1. The molecule has 0 aromatic heterocycles. The Bertz CT molecular complexity index is 581. The fraction of sp³-hybridized carbons (Fsp3) is 0. The second kappa shape index (κ2) is 6.93. The minimum absolute atomic E-state index is 0. The minimum atomic E-state index is -2.88. The van der Waals surface area contributed by atoms with E-state index in [2.05, 4.69) is 0 Å². The topological polar surface area (TPSA) is 20.2 Å². The SMILES string of the molecule is O[Si](c1ccccc1)(c1ccccc1)c1ccccc1.[H-].[Li+]. The smallest absolute Gasteiger partial charge is 1.00 e. The molecular formula is C18H17LiOSi. The van der Waals surface area contributed by atoms with Crippen molar-refractivity contribution in [2.75, 3.05) is 0 Å². The van der Waals surface area contributed by atoms with Crippen LogP contribution in [0.4, 0.5) is 0 Å². The first-order valence-corrected chi connectivity index (χ1v) is 8.65. The molecule has 0 bridgehead atoms. The summed E-state index contributed by atoms with van der Waals surface area (Å²) in [5.74, 6) is 0. The fourth-order valence-corrected chi connectivity index (χ4v) is 5.56. The molecule has 21 heavy (non-hydrogen) atoms. The van der Waals surface area contributed by atoms with Gasteiger partial charge in [0.25, 0.3) is 8.32 Å². The van der Waals surface area contributed by atoms with Crippen LogP contribution in [0.15, 0.2) is 91.0 Å². The zero-order chi connectivity index (χ0) is 13.8. The van der Waals surface area contributed by atoms with Crippen LogP contribution < -0.4 is 34.4 Å². The van der Waals surface area contributed by atoms with Gasteiger partial charge in [-0.1, -0.05) is 91.0 Å². The molecule has 3 aromatic rings. The van der Waals surface area contributed by atoms with Crippen molar-refractivity contribution in [2.24, 2.45) is 0 Å². The van der Waals surface area contributed by atoms with E-state index < -0.39 is 8.32 Å². The van der Waals surface area contributed by atoms with Crippen LogP contribution in [-0.2, 0) is 0 Å². The van der Waals surface area contributed by atoms with Crippen molar-refractivity contribution in [3.8, 4) is 0 Å². The molecule has 0 atom stereocenters. The van der Waals surface area contributed by atoms with Crippen LogP contribution >= 0.6 is 0 Å². The van der Waals surface area contributed by atoms with Gasteiger partial charge < -0.3 is 6.22 Å². The normalized spacial score (nSPS) is 10.7. The van der Waals surface area contributed by atoms with Crippen LogP contribution in [0.1, 0.15) is 1.43 Å². The molecule has 0 fully saturated rings. The van der Waals surface area contributed by atoms with E-state index in [1.54, 1.807) is 0 Å². The summed E-state index contributed by atoms with van der Waals surface area (Å²) in [6.07, 6.45) is 0. The first kappa shape index (κ1) is 15.8. The number of hydrogen-bond donors (Lipinski definition) is 1. The Balaban J connectivity index is 0.00000121. The van der Waals surface area contributed by atoms with Crippen LogP contribution in [0.25, 0.3) is 0 Å². The van der Waals surface area contributed by atoms with Crippen LogP contribution in [0, 0.1) is 0 Å². The fourth-order valence-electron chi connectivity index (χ4n) is 2.54. The van der Waals surface area contributed by atoms with E-state index in [0.29, 0.717) is 0 Å². The number of hydrogen-bond acceptors (Lipinski definition) is 1. The van der Waals surface area contributed by atoms with E-state index in [9.17, 15) is 4.80 Å². The van der Waals surface area contributed by atoms with Crippen molar-refractivity contribution in [1.82, 2.24) is 0 Å². The van der Waals surface area contributed by atoms with Gasteiger partial charge in [0.05, 0.1) is 0 Å². The van der Waals surface area contributed by atoms with Gasteiger partial charge in [0.2, 0.25) is 0 Å². The summed E-state index contributed by atoms with van der Waals surface area (Å²) >= 11 is 0. The van der Waals surface area contributed by atoms with Crippen molar-refractivity contribution < 1.29 is 25.1 Å². The monoisotopic (exact) mass is 284 g/mol. The molecule has 0 amide bonds. The Morgan fingerprint density at radius 2 is 0.762 bits per heavy atom. The maximum atomic E-state index is 11.6. The molecule has 1 nitrogen and oxygen atoms in total. The van der Waals surface area contributed by atoms with E-state index in [1.807, 2.05) is 91.0 Å². The quantitative estimate of drug-likeness (QED) is 0.471. The molecule has 1 N–H and O–H groups in total. The Labute approximate surface area is 140 Å². The van der Waals surface area contributed by atoms with Crippen molar-refractivity contribution in [2.45, 2.75) is 0 Å². The van der Waals surface area contributed by atoms with Gasteiger partial charge in [0.1, 0.15) is 0 Å². The minimum Gasteiger partial charge on any atom is -1.00 e. The second-order valence-electron chi connectivity index (χ2n) is 4.81. The molecule has 0 spiro atoms. The molecule has 0 saturated carbocycles. The van der Waals surface area contributed by atoms with Crippen LogP contribution in [0.3, 0.4) is 0 Å². The van der Waals surface area contributed by atoms with Gasteiger partial charge in [-0.25, -0.2) is 0 Å². The Hall–Kier alpha value is -1.57.